The van der Waals surface area contributed by atoms with E-state index in [-0.39, 0.29) is 31.1 Å². The van der Waals surface area contributed by atoms with Gasteiger partial charge in [0.25, 0.3) is 0 Å². The van der Waals surface area contributed by atoms with Crippen LogP contribution in [0.15, 0.2) is 85.1 Å². The van der Waals surface area contributed by atoms with Gasteiger partial charge in [-0.1, -0.05) is 221 Å². The van der Waals surface area contributed by atoms with E-state index in [2.05, 4.69) is 106 Å². The number of esters is 3. The van der Waals surface area contributed by atoms with Gasteiger partial charge in [0.15, 0.2) is 6.10 Å². The highest BCUT2D eigenvalue weighted by Crippen LogP contribution is 2.14. The standard InChI is InChI=1S/C58H98O6/c1-4-7-10-13-16-19-22-23-24-25-26-27-28-29-30-31-32-33-34-35-37-39-42-45-48-51-57(60)63-54-55(53-62-56(59)50-47-44-41-38-21-18-15-12-9-6-3)64-58(61)52-49-46-43-40-36-20-17-14-11-8-5-2/h7,10,14,16-17,19,23-24,26-27,29-30,32-33,55H,4-6,8-9,11-13,15,18,20-22,25,28,31,34-54H2,1-3H3/b10-7-,17-14-,19-16-,24-23-,27-26-,30-29-,33-32-. The number of carbonyl (C=O) groups excluding carboxylic acids is 3. The first-order chi connectivity index (χ1) is 31.5. The fourth-order valence-electron chi connectivity index (χ4n) is 7.13. The zero-order valence-corrected chi connectivity index (χ0v) is 41.8. The van der Waals surface area contributed by atoms with Crippen molar-refractivity contribution in [2.45, 2.75) is 252 Å². The van der Waals surface area contributed by atoms with Gasteiger partial charge < -0.3 is 14.2 Å². The third-order valence-corrected chi connectivity index (χ3v) is 11.1. The van der Waals surface area contributed by atoms with Crippen LogP contribution < -0.4 is 0 Å². The smallest absolute Gasteiger partial charge is 0.306 e. The van der Waals surface area contributed by atoms with Gasteiger partial charge in [0.05, 0.1) is 0 Å². The SMILES string of the molecule is CC/C=C\C/C=C\C/C=C\C/C=C\C/C=C\C/C=C\CCCCCCCCC(=O)OCC(COC(=O)CCCCCCCCCCCC)OC(=O)CCCCCCC/C=C\CCCC. The molecule has 0 aromatic heterocycles. The number of rotatable bonds is 47. The van der Waals surface area contributed by atoms with Crippen LogP contribution in [0.5, 0.6) is 0 Å². The highest BCUT2D eigenvalue weighted by molar-refractivity contribution is 5.71. The Labute approximate surface area is 395 Å². The van der Waals surface area contributed by atoms with E-state index in [1.807, 2.05) is 0 Å². The highest BCUT2D eigenvalue weighted by Gasteiger charge is 2.19. The Kier molecular flexibility index (Phi) is 49.4. The lowest BCUT2D eigenvalue weighted by molar-refractivity contribution is -0.167. The molecule has 6 heteroatoms. The lowest BCUT2D eigenvalue weighted by Crippen LogP contribution is -2.30. The number of unbranched alkanes of at least 4 members (excludes halogenated alkanes) is 22. The fraction of sp³-hybridized carbons (Fsp3) is 0.707. The largest absolute Gasteiger partial charge is 0.462 e. The first kappa shape index (κ1) is 60.6. The molecule has 0 rings (SSSR count). The molecule has 0 N–H and O–H groups in total. The average molecular weight is 891 g/mol. The van der Waals surface area contributed by atoms with Gasteiger partial charge in [-0.3, -0.25) is 14.4 Å². The van der Waals surface area contributed by atoms with Gasteiger partial charge in [-0.05, 0) is 89.9 Å². The molecule has 0 radical (unpaired) electrons. The second-order valence-corrected chi connectivity index (χ2v) is 17.4. The molecule has 6 nitrogen and oxygen atoms in total. The third-order valence-electron chi connectivity index (χ3n) is 11.1. The molecular formula is C58H98O6. The van der Waals surface area contributed by atoms with E-state index < -0.39 is 6.10 Å². The van der Waals surface area contributed by atoms with Gasteiger partial charge >= 0.3 is 17.9 Å². The summed E-state index contributed by atoms with van der Waals surface area (Å²) in [5.74, 6) is -0.911. The quantitative estimate of drug-likeness (QED) is 0.0262. The van der Waals surface area contributed by atoms with E-state index in [4.69, 9.17) is 14.2 Å². The average Bonchev–Trinajstić information content (AvgIpc) is 3.29. The van der Waals surface area contributed by atoms with Crippen molar-refractivity contribution in [2.24, 2.45) is 0 Å². The second kappa shape index (κ2) is 52.2. The topological polar surface area (TPSA) is 78.9 Å². The molecule has 0 aliphatic rings. The molecule has 64 heavy (non-hydrogen) atoms. The maximum atomic E-state index is 12.7. The minimum absolute atomic E-state index is 0.0834. The van der Waals surface area contributed by atoms with Crippen molar-refractivity contribution in [3.05, 3.63) is 85.1 Å². The first-order valence-electron chi connectivity index (χ1n) is 26.6. The number of carbonyl (C=O) groups is 3. The summed E-state index contributed by atoms with van der Waals surface area (Å²) >= 11 is 0. The molecule has 0 fully saturated rings. The molecular weight excluding hydrogens is 793 g/mol. The van der Waals surface area contributed by atoms with Crippen molar-refractivity contribution < 1.29 is 28.6 Å². The van der Waals surface area contributed by atoms with Crippen LogP contribution in [0.4, 0.5) is 0 Å². The zero-order valence-electron chi connectivity index (χ0n) is 41.8. The molecule has 0 aromatic carbocycles. The summed E-state index contributed by atoms with van der Waals surface area (Å²) in [4.78, 5) is 37.9. The van der Waals surface area contributed by atoms with Crippen molar-refractivity contribution in [1.82, 2.24) is 0 Å². The molecule has 366 valence electrons. The second-order valence-electron chi connectivity index (χ2n) is 17.4. The predicted molar refractivity (Wildman–Crippen MR) is 274 cm³/mol. The van der Waals surface area contributed by atoms with Crippen molar-refractivity contribution in [3.8, 4) is 0 Å². The molecule has 0 heterocycles. The summed E-state index contributed by atoms with van der Waals surface area (Å²) in [6, 6.07) is 0. The van der Waals surface area contributed by atoms with Crippen molar-refractivity contribution >= 4 is 17.9 Å². The fourth-order valence-corrected chi connectivity index (χ4v) is 7.13. The Hall–Kier alpha value is -3.41. The molecule has 0 amide bonds. The van der Waals surface area contributed by atoms with Crippen LogP contribution in [0.3, 0.4) is 0 Å². The van der Waals surface area contributed by atoms with Crippen molar-refractivity contribution in [3.63, 3.8) is 0 Å². The van der Waals surface area contributed by atoms with E-state index in [1.165, 1.54) is 83.5 Å². The minimum Gasteiger partial charge on any atom is -0.462 e. The zero-order chi connectivity index (χ0) is 46.5. The summed E-state index contributed by atoms with van der Waals surface area (Å²) in [5, 5.41) is 0. The molecule has 0 bridgehead atoms. The summed E-state index contributed by atoms with van der Waals surface area (Å²) in [7, 11) is 0. The van der Waals surface area contributed by atoms with Crippen LogP contribution in [0.25, 0.3) is 0 Å². The lowest BCUT2D eigenvalue weighted by Gasteiger charge is -2.18. The van der Waals surface area contributed by atoms with E-state index >= 15 is 0 Å². The maximum Gasteiger partial charge on any atom is 0.306 e. The summed E-state index contributed by atoms with van der Waals surface area (Å²) < 4.78 is 16.7. The normalized spacial score (nSPS) is 12.7. The van der Waals surface area contributed by atoms with Gasteiger partial charge in [-0.15, -0.1) is 0 Å². The van der Waals surface area contributed by atoms with Gasteiger partial charge in [-0.25, -0.2) is 0 Å². The van der Waals surface area contributed by atoms with E-state index in [0.717, 1.165) is 122 Å². The molecule has 1 atom stereocenters. The molecule has 0 spiro atoms. The maximum absolute atomic E-state index is 12.7. The molecule has 0 saturated heterocycles. The Morgan fingerprint density at radius 3 is 1.02 bits per heavy atom. The van der Waals surface area contributed by atoms with Gasteiger partial charge in [0.2, 0.25) is 0 Å². The van der Waals surface area contributed by atoms with E-state index in [9.17, 15) is 14.4 Å². The first-order valence-corrected chi connectivity index (χ1v) is 26.6. The highest BCUT2D eigenvalue weighted by atomic mass is 16.6. The summed E-state index contributed by atoms with van der Waals surface area (Å²) in [5.41, 5.74) is 0. The minimum atomic E-state index is -0.784. The number of hydrogen-bond acceptors (Lipinski definition) is 6. The van der Waals surface area contributed by atoms with Crippen LogP contribution in [-0.2, 0) is 28.6 Å². The molecule has 0 aromatic rings. The molecule has 0 aliphatic carbocycles. The Morgan fingerprint density at radius 2 is 0.625 bits per heavy atom. The van der Waals surface area contributed by atoms with Gasteiger partial charge in [0, 0.05) is 19.3 Å². The van der Waals surface area contributed by atoms with Crippen LogP contribution in [0.1, 0.15) is 245 Å². The number of allylic oxidation sites excluding steroid dienone is 14. The van der Waals surface area contributed by atoms with Gasteiger partial charge in [0.1, 0.15) is 13.2 Å². The number of ether oxygens (including phenoxy) is 3. The monoisotopic (exact) mass is 891 g/mol. The Balaban J connectivity index is 4.28. The number of hydrogen-bond donors (Lipinski definition) is 0. The van der Waals surface area contributed by atoms with Crippen molar-refractivity contribution in [1.29, 1.82) is 0 Å². The lowest BCUT2D eigenvalue weighted by atomic mass is 10.1. The third kappa shape index (κ3) is 49.6. The van der Waals surface area contributed by atoms with Crippen molar-refractivity contribution in [2.75, 3.05) is 13.2 Å². The van der Waals surface area contributed by atoms with E-state index in [0.29, 0.717) is 19.3 Å². The van der Waals surface area contributed by atoms with Crippen LogP contribution in [0.2, 0.25) is 0 Å². The van der Waals surface area contributed by atoms with Crippen LogP contribution in [-0.4, -0.2) is 37.2 Å². The molecule has 1 unspecified atom stereocenters. The van der Waals surface area contributed by atoms with E-state index in [1.54, 1.807) is 0 Å². The Bertz CT molecular complexity index is 1250. The molecule has 0 saturated carbocycles. The summed E-state index contributed by atoms with van der Waals surface area (Å²) in [6.07, 6.45) is 67.2. The Morgan fingerprint density at radius 1 is 0.328 bits per heavy atom. The summed E-state index contributed by atoms with van der Waals surface area (Å²) in [6.45, 7) is 6.45. The van der Waals surface area contributed by atoms with Crippen LogP contribution >= 0.6 is 0 Å². The van der Waals surface area contributed by atoms with Gasteiger partial charge in [-0.2, -0.15) is 0 Å². The predicted octanol–water partition coefficient (Wildman–Crippen LogP) is 17.6. The van der Waals surface area contributed by atoms with Crippen LogP contribution in [0, 0.1) is 0 Å². The molecule has 0 aliphatic heterocycles.